The molecule has 0 aromatic carbocycles. The lowest BCUT2D eigenvalue weighted by Crippen LogP contribution is -2.32. The van der Waals surface area contributed by atoms with Crippen molar-refractivity contribution in [2.45, 2.75) is 6.92 Å². The largest absolute Gasteiger partial charge is 0.330 e. The normalized spacial score (nSPS) is 10.4. The number of hydrogen-bond donors (Lipinski definition) is 0. The van der Waals surface area contributed by atoms with Crippen molar-refractivity contribution in [3.63, 3.8) is 0 Å². The number of carbonyl (C=O) groups excluding carboxylic acids is 1. The lowest BCUT2D eigenvalue weighted by Gasteiger charge is -2.19. The Labute approximate surface area is 112 Å². The Balaban J connectivity index is 2.47. The molecule has 98 valence electrons. The Hall–Kier alpha value is -2.36. The second-order valence-corrected chi connectivity index (χ2v) is 4.26. The minimum Gasteiger partial charge on any atom is -0.330 e. The SMILES string of the molecule is C=CCN(CC=C)C(=O)c1c(C)nc2ccccn12. The summed E-state index contributed by atoms with van der Waals surface area (Å²) in [7, 11) is 0. The zero-order valence-corrected chi connectivity index (χ0v) is 11.0. The van der Waals surface area contributed by atoms with Gasteiger partial charge in [0.2, 0.25) is 0 Å². The molecule has 4 heteroatoms. The van der Waals surface area contributed by atoms with Crippen LogP contribution in [0.5, 0.6) is 0 Å². The standard InChI is InChI=1S/C15H17N3O/c1-4-9-17(10-5-2)15(19)14-12(3)16-13-8-6-7-11-18(13)14/h4-8,11H,1-2,9-10H2,3H3. The maximum Gasteiger partial charge on any atom is 0.273 e. The number of nitrogens with zero attached hydrogens (tertiary/aromatic N) is 3. The van der Waals surface area contributed by atoms with Gasteiger partial charge in [0, 0.05) is 19.3 Å². The number of amides is 1. The molecule has 19 heavy (non-hydrogen) atoms. The monoisotopic (exact) mass is 255 g/mol. The van der Waals surface area contributed by atoms with Gasteiger partial charge in [0.05, 0.1) is 5.69 Å². The molecule has 0 spiro atoms. The summed E-state index contributed by atoms with van der Waals surface area (Å²) in [6.07, 6.45) is 5.27. The summed E-state index contributed by atoms with van der Waals surface area (Å²) in [5.74, 6) is -0.0593. The molecule has 2 aromatic heterocycles. The molecule has 0 aliphatic heterocycles. The van der Waals surface area contributed by atoms with Gasteiger partial charge in [-0.1, -0.05) is 18.2 Å². The van der Waals surface area contributed by atoms with Gasteiger partial charge in [-0.2, -0.15) is 0 Å². The van der Waals surface area contributed by atoms with Crippen LogP contribution in [0.1, 0.15) is 16.2 Å². The van der Waals surface area contributed by atoms with Crippen LogP contribution in [-0.2, 0) is 0 Å². The van der Waals surface area contributed by atoms with Crippen LogP contribution in [0.15, 0.2) is 49.7 Å². The van der Waals surface area contributed by atoms with E-state index < -0.39 is 0 Å². The summed E-state index contributed by atoms with van der Waals surface area (Å²) in [5.41, 5.74) is 2.11. The summed E-state index contributed by atoms with van der Waals surface area (Å²) in [6, 6.07) is 5.67. The maximum absolute atomic E-state index is 12.6. The van der Waals surface area contributed by atoms with E-state index in [1.165, 1.54) is 0 Å². The lowest BCUT2D eigenvalue weighted by molar-refractivity contribution is 0.0783. The van der Waals surface area contributed by atoms with Crippen LogP contribution >= 0.6 is 0 Å². The van der Waals surface area contributed by atoms with E-state index in [-0.39, 0.29) is 5.91 Å². The molecule has 0 saturated heterocycles. The van der Waals surface area contributed by atoms with Crippen LogP contribution in [0, 0.1) is 6.92 Å². The van der Waals surface area contributed by atoms with Gasteiger partial charge in [-0.3, -0.25) is 9.20 Å². The van der Waals surface area contributed by atoms with Crippen molar-refractivity contribution in [2.75, 3.05) is 13.1 Å². The Morgan fingerprint density at radius 2 is 2.05 bits per heavy atom. The zero-order chi connectivity index (χ0) is 13.8. The summed E-state index contributed by atoms with van der Waals surface area (Å²) in [6.45, 7) is 10.2. The molecule has 1 amide bonds. The van der Waals surface area contributed by atoms with Crippen molar-refractivity contribution in [1.29, 1.82) is 0 Å². The number of carbonyl (C=O) groups is 1. The number of hydrogen-bond acceptors (Lipinski definition) is 2. The van der Waals surface area contributed by atoms with Crippen molar-refractivity contribution in [3.05, 3.63) is 61.1 Å². The van der Waals surface area contributed by atoms with Crippen LogP contribution in [-0.4, -0.2) is 33.3 Å². The molecule has 0 radical (unpaired) electrons. The highest BCUT2D eigenvalue weighted by Crippen LogP contribution is 2.14. The summed E-state index contributed by atoms with van der Waals surface area (Å²) >= 11 is 0. The second kappa shape index (κ2) is 5.52. The molecule has 0 bridgehead atoms. The molecular weight excluding hydrogens is 238 g/mol. The van der Waals surface area contributed by atoms with Crippen LogP contribution in [0.4, 0.5) is 0 Å². The third-order valence-corrected chi connectivity index (χ3v) is 2.89. The number of imidazole rings is 1. The first-order chi connectivity index (χ1) is 9.19. The highest BCUT2D eigenvalue weighted by Gasteiger charge is 2.20. The Kier molecular flexibility index (Phi) is 3.80. The summed E-state index contributed by atoms with van der Waals surface area (Å²) < 4.78 is 1.82. The van der Waals surface area contributed by atoms with Crippen molar-refractivity contribution in [3.8, 4) is 0 Å². The topological polar surface area (TPSA) is 37.6 Å². The van der Waals surface area contributed by atoms with Crippen LogP contribution in [0.25, 0.3) is 5.65 Å². The van der Waals surface area contributed by atoms with E-state index in [2.05, 4.69) is 18.1 Å². The third-order valence-electron chi connectivity index (χ3n) is 2.89. The smallest absolute Gasteiger partial charge is 0.273 e. The van der Waals surface area contributed by atoms with Gasteiger partial charge in [0.15, 0.2) is 0 Å². The van der Waals surface area contributed by atoms with Gasteiger partial charge < -0.3 is 4.90 Å². The molecule has 0 N–H and O–H groups in total. The van der Waals surface area contributed by atoms with Gasteiger partial charge in [0.1, 0.15) is 11.3 Å². The van der Waals surface area contributed by atoms with E-state index >= 15 is 0 Å². The third kappa shape index (κ3) is 2.42. The number of pyridine rings is 1. The van der Waals surface area contributed by atoms with E-state index in [4.69, 9.17) is 0 Å². The van der Waals surface area contributed by atoms with Gasteiger partial charge in [-0.05, 0) is 19.1 Å². The molecule has 0 atom stereocenters. The predicted molar refractivity (Wildman–Crippen MR) is 76.2 cm³/mol. The van der Waals surface area contributed by atoms with Crippen molar-refractivity contribution < 1.29 is 4.79 Å². The molecule has 0 aliphatic rings. The number of aryl methyl sites for hydroxylation is 1. The molecule has 2 heterocycles. The Bertz CT molecular complexity index is 617. The highest BCUT2D eigenvalue weighted by atomic mass is 16.2. The van der Waals surface area contributed by atoms with Crippen LogP contribution in [0.2, 0.25) is 0 Å². The minimum atomic E-state index is -0.0593. The molecule has 2 rings (SSSR count). The van der Waals surface area contributed by atoms with Gasteiger partial charge >= 0.3 is 0 Å². The molecule has 2 aromatic rings. The first kappa shape index (κ1) is 13.1. The second-order valence-electron chi connectivity index (χ2n) is 4.26. The fourth-order valence-electron chi connectivity index (χ4n) is 2.07. The van der Waals surface area contributed by atoms with E-state index in [0.717, 1.165) is 11.3 Å². The molecule has 0 saturated carbocycles. The van der Waals surface area contributed by atoms with Crippen LogP contribution in [0.3, 0.4) is 0 Å². The maximum atomic E-state index is 12.6. The first-order valence-corrected chi connectivity index (χ1v) is 6.13. The van der Waals surface area contributed by atoms with Gasteiger partial charge in [0.25, 0.3) is 5.91 Å². The summed E-state index contributed by atoms with van der Waals surface area (Å²) in [5, 5.41) is 0. The quantitative estimate of drug-likeness (QED) is 0.770. The Morgan fingerprint density at radius 1 is 1.37 bits per heavy atom. The van der Waals surface area contributed by atoms with E-state index in [1.807, 2.05) is 35.7 Å². The van der Waals surface area contributed by atoms with E-state index in [1.54, 1.807) is 17.1 Å². The molecule has 0 unspecified atom stereocenters. The van der Waals surface area contributed by atoms with Gasteiger partial charge in [-0.25, -0.2) is 4.98 Å². The minimum absolute atomic E-state index is 0.0593. The Morgan fingerprint density at radius 3 is 2.68 bits per heavy atom. The number of rotatable bonds is 5. The molecular formula is C15H17N3O. The fraction of sp³-hybridized carbons (Fsp3) is 0.200. The average molecular weight is 255 g/mol. The predicted octanol–water partition coefficient (Wildman–Crippen LogP) is 2.46. The number of fused-ring (bicyclic) bond motifs is 1. The molecule has 4 nitrogen and oxygen atoms in total. The molecule has 0 fully saturated rings. The zero-order valence-electron chi connectivity index (χ0n) is 11.0. The van der Waals surface area contributed by atoms with Crippen LogP contribution < -0.4 is 0 Å². The number of aromatic nitrogens is 2. The molecule has 0 aliphatic carbocycles. The lowest BCUT2D eigenvalue weighted by atomic mass is 10.3. The van der Waals surface area contributed by atoms with Crippen molar-refractivity contribution in [2.24, 2.45) is 0 Å². The average Bonchev–Trinajstić information content (AvgIpc) is 2.73. The summed E-state index contributed by atoms with van der Waals surface area (Å²) in [4.78, 5) is 18.7. The highest BCUT2D eigenvalue weighted by molar-refractivity contribution is 5.94. The van der Waals surface area contributed by atoms with E-state index in [0.29, 0.717) is 18.8 Å². The fourth-order valence-corrected chi connectivity index (χ4v) is 2.07. The van der Waals surface area contributed by atoms with Crippen molar-refractivity contribution in [1.82, 2.24) is 14.3 Å². The van der Waals surface area contributed by atoms with Gasteiger partial charge in [-0.15, -0.1) is 13.2 Å². The van der Waals surface area contributed by atoms with Crippen molar-refractivity contribution >= 4 is 11.6 Å². The first-order valence-electron chi connectivity index (χ1n) is 6.13. The van der Waals surface area contributed by atoms with E-state index in [9.17, 15) is 4.79 Å².